The number of carboxylic acid groups (broad SMARTS) is 1. The van der Waals surface area contributed by atoms with Gasteiger partial charge in [-0.15, -0.1) is 0 Å². The van der Waals surface area contributed by atoms with Crippen LogP contribution in [0, 0.1) is 0 Å². The van der Waals surface area contributed by atoms with Crippen LogP contribution in [-0.2, 0) is 16.0 Å². The highest BCUT2D eigenvalue weighted by Gasteiger charge is 2.29. The van der Waals surface area contributed by atoms with E-state index in [4.69, 9.17) is 9.47 Å². The molecule has 0 heterocycles. The number of hydrogen-bond donors (Lipinski definition) is 2. The van der Waals surface area contributed by atoms with Crippen LogP contribution in [0.2, 0.25) is 0 Å². The molecule has 1 amide bonds. The fourth-order valence-electron chi connectivity index (χ4n) is 4.33. The van der Waals surface area contributed by atoms with Gasteiger partial charge in [0, 0.05) is 12.0 Å². The van der Waals surface area contributed by atoms with E-state index in [-0.39, 0.29) is 18.9 Å². The first-order valence-electron chi connectivity index (χ1n) is 10.5. The molecular weight excluding hydrogens is 406 g/mol. The fraction of sp³-hybridized carbons (Fsp3) is 0.231. The smallest absolute Gasteiger partial charge is 0.407 e. The van der Waals surface area contributed by atoms with Gasteiger partial charge in [-0.1, -0.05) is 66.7 Å². The number of carboxylic acids is 1. The van der Waals surface area contributed by atoms with Crippen molar-refractivity contribution in [3.8, 4) is 16.9 Å². The number of fused-ring (bicyclic) bond motifs is 3. The van der Waals surface area contributed by atoms with Crippen LogP contribution in [0.4, 0.5) is 4.79 Å². The molecule has 1 atom stereocenters. The van der Waals surface area contributed by atoms with Gasteiger partial charge in [0.15, 0.2) is 0 Å². The first kappa shape index (κ1) is 21.4. The highest BCUT2D eigenvalue weighted by Crippen LogP contribution is 2.44. The Hall–Kier alpha value is -3.80. The minimum atomic E-state index is -0.996. The normalized spacial score (nSPS) is 13.0. The van der Waals surface area contributed by atoms with Crippen molar-refractivity contribution in [2.75, 3.05) is 13.7 Å². The summed E-state index contributed by atoms with van der Waals surface area (Å²) in [6.07, 6.45) is -0.532. The summed E-state index contributed by atoms with van der Waals surface area (Å²) in [4.78, 5) is 24.0. The van der Waals surface area contributed by atoms with E-state index in [2.05, 4.69) is 29.6 Å². The van der Waals surface area contributed by atoms with E-state index in [9.17, 15) is 14.7 Å². The number of amides is 1. The van der Waals surface area contributed by atoms with Gasteiger partial charge in [-0.25, -0.2) is 4.79 Å². The number of nitrogens with one attached hydrogen (secondary N) is 1. The van der Waals surface area contributed by atoms with Crippen molar-refractivity contribution in [3.63, 3.8) is 0 Å². The zero-order valence-electron chi connectivity index (χ0n) is 17.8. The van der Waals surface area contributed by atoms with E-state index in [1.165, 1.54) is 0 Å². The molecule has 1 aliphatic rings. The molecule has 3 aromatic rings. The molecule has 0 saturated carbocycles. The summed E-state index contributed by atoms with van der Waals surface area (Å²) < 4.78 is 10.9. The van der Waals surface area contributed by atoms with Crippen molar-refractivity contribution < 1.29 is 24.2 Å². The summed E-state index contributed by atoms with van der Waals surface area (Å²) in [5.41, 5.74) is 5.37. The summed E-state index contributed by atoms with van der Waals surface area (Å²) in [7, 11) is 1.56. The van der Waals surface area contributed by atoms with E-state index >= 15 is 0 Å². The van der Waals surface area contributed by atoms with Gasteiger partial charge in [0.1, 0.15) is 12.4 Å². The van der Waals surface area contributed by atoms with Gasteiger partial charge in [0.25, 0.3) is 0 Å². The van der Waals surface area contributed by atoms with E-state index in [1.54, 1.807) is 13.2 Å². The van der Waals surface area contributed by atoms with Crippen LogP contribution in [0.25, 0.3) is 11.1 Å². The third-order valence-electron chi connectivity index (χ3n) is 5.75. The molecule has 6 heteroatoms. The lowest BCUT2D eigenvalue weighted by atomic mass is 9.98. The Kier molecular flexibility index (Phi) is 6.40. The van der Waals surface area contributed by atoms with Crippen molar-refractivity contribution in [3.05, 3.63) is 89.5 Å². The molecule has 0 saturated heterocycles. The summed E-state index contributed by atoms with van der Waals surface area (Å²) in [5.74, 6) is -0.402. The van der Waals surface area contributed by atoms with Gasteiger partial charge < -0.3 is 19.9 Å². The minimum absolute atomic E-state index is 0.0553. The Bertz CT molecular complexity index is 1080. The van der Waals surface area contributed by atoms with Crippen LogP contribution in [0.3, 0.4) is 0 Å². The summed E-state index contributed by atoms with van der Waals surface area (Å²) >= 11 is 0. The number of benzene rings is 3. The van der Waals surface area contributed by atoms with Crippen LogP contribution >= 0.6 is 0 Å². The van der Waals surface area contributed by atoms with Crippen LogP contribution in [0.1, 0.15) is 29.0 Å². The highest BCUT2D eigenvalue weighted by molar-refractivity contribution is 5.79. The van der Waals surface area contributed by atoms with Crippen molar-refractivity contribution in [2.45, 2.75) is 24.8 Å². The zero-order valence-corrected chi connectivity index (χ0v) is 17.8. The predicted octanol–water partition coefficient (Wildman–Crippen LogP) is 4.62. The fourth-order valence-corrected chi connectivity index (χ4v) is 4.33. The molecule has 2 N–H and O–H groups in total. The molecule has 32 heavy (non-hydrogen) atoms. The lowest BCUT2D eigenvalue weighted by molar-refractivity contribution is -0.137. The maximum absolute atomic E-state index is 12.6. The van der Waals surface area contributed by atoms with Gasteiger partial charge in [-0.05, 0) is 40.3 Å². The highest BCUT2D eigenvalue weighted by atomic mass is 16.5. The molecule has 0 aromatic heterocycles. The van der Waals surface area contributed by atoms with Crippen molar-refractivity contribution in [1.82, 2.24) is 5.32 Å². The zero-order chi connectivity index (χ0) is 22.5. The van der Waals surface area contributed by atoms with Crippen molar-refractivity contribution in [1.29, 1.82) is 0 Å². The Morgan fingerprint density at radius 2 is 1.53 bits per heavy atom. The first-order chi connectivity index (χ1) is 15.6. The molecule has 164 valence electrons. The van der Waals surface area contributed by atoms with Crippen LogP contribution in [0.15, 0.2) is 72.8 Å². The SMILES string of the molecule is COc1ccccc1C[C@H](CC(=O)O)NC(=O)OCC1c2ccccc2-c2ccccc21. The first-order valence-corrected chi connectivity index (χ1v) is 10.5. The molecule has 6 nitrogen and oxygen atoms in total. The summed E-state index contributed by atoms with van der Waals surface area (Å²) in [5, 5.41) is 12.0. The third kappa shape index (κ3) is 4.59. The number of carbonyl (C=O) groups excluding carboxylic acids is 1. The number of alkyl carbamates (subject to hydrolysis) is 1. The lowest BCUT2D eigenvalue weighted by Crippen LogP contribution is -2.39. The van der Waals surface area contributed by atoms with E-state index in [1.807, 2.05) is 42.5 Å². The van der Waals surface area contributed by atoms with Crippen LogP contribution in [0.5, 0.6) is 5.75 Å². The number of hydrogen-bond acceptors (Lipinski definition) is 4. The second kappa shape index (κ2) is 9.56. The van der Waals surface area contributed by atoms with E-state index in [0.717, 1.165) is 27.8 Å². The molecule has 0 aliphatic heterocycles. The number of carbonyl (C=O) groups is 2. The molecule has 1 aliphatic carbocycles. The summed E-state index contributed by atoms with van der Waals surface area (Å²) in [6.45, 7) is 0.175. The van der Waals surface area contributed by atoms with Gasteiger partial charge in [-0.2, -0.15) is 0 Å². The standard InChI is InChI=1S/C26H25NO5/c1-31-24-13-7-2-8-17(24)14-18(15-25(28)29)27-26(30)32-16-23-21-11-5-3-9-19(21)20-10-4-6-12-22(20)23/h2-13,18,23H,14-16H2,1H3,(H,27,30)(H,28,29)/t18-/m1/s1. The molecule has 4 rings (SSSR count). The number of methoxy groups -OCH3 is 1. The second-order valence-corrected chi connectivity index (χ2v) is 7.78. The third-order valence-corrected chi connectivity index (χ3v) is 5.75. The minimum Gasteiger partial charge on any atom is -0.496 e. The maximum Gasteiger partial charge on any atom is 0.407 e. The second-order valence-electron chi connectivity index (χ2n) is 7.78. The maximum atomic E-state index is 12.6. The molecule has 0 fully saturated rings. The molecule has 0 unspecified atom stereocenters. The van der Waals surface area contributed by atoms with E-state index < -0.39 is 18.1 Å². The topological polar surface area (TPSA) is 84.9 Å². The Balaban J connectivity index is 1.44. The monoisotopic (exact) mass is 431 g/mol. The molecule has 0 spiro atoms. The molecule has 3 aromatic carbocycles. The van der Waals surface area contributed by atoms with Gasteiger partial charge in [0.2, 0.25) is 0 Å². The van der Waals surface area contributed by atoms with E-state index in [0.29, 0.717) is 12.2 Å². The Labute approximate surface area is 186 Å². The average Bonchev–Trinajstić information content (AvgIpc) is 3.11. The average molecular weight is 431 g/mol. The lowest BCUT2D eigenvalue weighted by Gasteiger charge is -2.20. The molecule has 0 radical (unpaired) electrons. The molecular formula is C26H25NO5. The van der Waals surface area contributed by atoms with Gasteiger partial charge in [0.05, 0.1) is 13.5 Å². The molecule has 0 bridgehead atoms. The largest absolute Gasteiger partial charge is 0.496 e. The predicted molar refractivity (Wildman–Crippen MR) is 121 cm³/mol. The number of ether oxygens (including phenoxy) is 2. The summed E-state index contributed by atoms with van der Waals surface area (Å²) in [6, 6.07) is 22.9. The van der Waals surface area contributed by atoms with Crippen LogP contribution in [-0.4, -0.2) is 36.9 Å². The van der Waals surface area contributed by atoms with Crippen LogP contribution < -0.4 is 10.1 Å². The van der Waals surface area contributed by atoms with Gasteiger partial charge in [-0.3, -0.25) is 4.79 Å². The van der Waals surface area contributed by atoms with Gasteiger partial charge >= 0.3 is 12.1 Å². The van der Waals surface area contributed by atoms with Crippen molar-refractivity contribution >= 4 is 12.1 Å². The Morgan fingerprint density at radius 3 is 2.16 bits per heavy atom. The quantitative estimate of drug-likeness (QED) is 0.544. The van der Waals surface area contributed by atoms with Crippen molar-refractivity contribution in [2.24, 2.45) is 0 Å². The number of aliphatic carboxylic acids is 1. The number of rotatable bonds is 8. The number of para-hydroxylation sites is 1. The Morgan fingerprint density at radius 1 is 0.938 bits per heavy atom.